The molecule has 2 heterocycles. The van der Waals surface area contributed by atoms with Crippen LogP contribution in [0.5, 0.6) is 0 Å². The molecule has 1 unspecified atom stereocenters. The summed E-state index contributed by atoms with van der Waals surface area (Å²) in [5.41, 5.74) is 0.982. The fraction of sp³-hybridized carbons (Fsp3) is 0.692. The Morgan fingerprint density at radius 2 is 2.05 bits per heavy atom. The van der Waals surface area contributed by atoms with Crippen LogP contribution in [0.25, 0.3) is 0 Å². The van der Waals surface area contributed by atoms with Gasteiger partial charge in [0.05, 0.1) is 16.2 Å². The van der Waals surface area contributed by atoms with Gasteiger partial charge in [0.2, 0.25) is 0 Å². The smallest absolute Gasteiger partial charge is 0.148 e. The van der Waals surface area contributed by atoms with Crippen LogP contribution in [0.3, 0.4) is 0 Å². The fourth-order valence-electron chi connectivity index (χ4n) is 2.41. The summed E-state index contributed by atoms with van der Waals surface area (Å²) in [4.78, 5) is 13.8. The molecule has 1 aromatic rings. The third-order valence-electron chi connectivity index (χ3n) is 3.60. The van der Waals surface area contributed by atoms with Crippen molar-refractivity contribution in [2.75, 3.05) is 33.7 Å². The van der Waals surface area contributed by atoms with E-state index in [2.05, 4.69) is 51.7 Å². The highest BCUT2D eigenvalue weighted by Gasteiger charge is 2.25. The molecule has 19 heavy (non-hydrogen) atoms. The number of likely N-dealkylation sites (N-methyl/N-ethyl adjacent to an activating group) is 2. The molecule has 0 spiro atoms. The Balaban J connectivity index is 2.36. The zero-order valence-electron chi connectivity index (χ0n) is 11.7. The number of rotatable bonds is 2. The monoisotopic (exact) mass is 346 g/mol. The van der Waals surface area contributed by atoms with Gasteiger partial charge in [-0.05, 0) is 56.0 Å². The molecule has 6 heteroatoms. The largest absolute Gasteiger partial charge is 0.304 e. The van der Waals surface area contributed by atoms with Gasteiger partial charge >= 0.3 is 0 Å². The van der Waals surface area contributed by atoms with Crippen LogP contribution >= 0.6 is 27.5 Å². The molecule has 106 valence electrons. The van der Waals surface area contributed by atoms with Gasteiger partial charge in [-0.1, -0.05) is 18.5 Å². The Morgan fingerprint density at radius 3 is 2.74 bits per heavy atom. The SMILES string of the molecule is CCc1nc(C2CN(C)CCCN2C)nc(Cl)c1Br. The van der Waals surface area contributed by atoms with Crippen molar-refractivity contribution in [3.8, 4) is 0 Å². The zero-order valence-corrected chi connectivity index (χ0v) is 14.0. The second-order valence-corrected chi connectivity index (χ2v) is 6.25. The summed E-state index contributed by atoms with van der Waals surface area (Å²) in [6.45, 7) is 5.20. The molecule has 4 nitrogen and oxygen atoms in total. The van der Waals surface area contributed by atoms with Gasteiger partial charge in [-0.3, -0.25) is 4.90 Å². The van der Waals surface area contributed by atoms with Gasteiger partial charge in [-0.2, -0.15) is 0 Å². The second kappa shape index (κ2) is 6.48. The Bertz CT molecular complexity index is 455. The normalized spacial score (nSPS) is 22.5. The first kappa shape index (κ1) is 15.2. The molecule has 0 aliphatic carbocycles. The third kappa shape index (κ3) is 3.45. The Morgan fingerprint density at radius 1 is 1.32 bits per heavy atom. The van der Waals surface area contributed by atoms with E-state index < -0.39 is 0 Å². The first-order valence-electron chi connectivity index (χ1n) is 6.63. The highest BCUT2D eigenvalue weighted by Crippen LogP contribution is 2.28. The Kier molecular flexibility index (Phi) is 5.17. The Labute approximate surface area is 128 Å². The minimum absolute atomic E-state index is 0.211. The van der Waals surface area contributed by atoms with Crippen molar-refractivity contribution in [3.05, 3.63) is 21.1 Å². The number of aromatic nitrogens is 2. The quantitative estimate of drug-likeness (QED) is 0.770. The molecule has 1 atom stereocenters. The van der Waals surface area contributed by atoms with E-state index in [-0.39, 0.29) is 6.04 Å². The van der Waals surface area contributed by atoms with Gasteiger partial charge in [0, 0.05) is 6.54 Å². The first-order valence-corrected chi connectivity index (χ1v) is 7.80. The summed E-state index contributed by atoms with van der Waals surface area (Å²) in [7, 11) is 4.28. The molecule has 1 fully saturated rings. The van der Waals surface area contributed by atoms with Crippen LogP contribution in [0.4, 0.5) is 0 Å². The van der Waals surface area contributed by atoms with Crippen LogP contribution in [0, 0.1) is 0 Å². The summed E-state index contributed by atoms with van der Waals surface area (Å²) in [5.74, 6) is 0.835. The van der Waals surface area contributed by atoms with Gasteiger partial charge in [0.1, 0.15) is 11.0 Å². The minimum atomic E-state index is 0.211. The van der Waals surface area contributed by atoms with Crippen LogP contribution in [0.15, 0.2) is 4.47 Å². The van der Waals surface area contributed by atoms with Crippen molar-refractivity contribution in [3.63, 3.8) is 0 Å². The van der Waals surface area contributed by atoms with Crippen molar-refractivity contribution in [2.24, 2.45) is 0 Å². The first-order chi connectivity index (χ1) is 9.02. The predicted octanol–water partition coefficient (Wildman–Crippen LogP) is 2.76. The van der Waals surface area contributed by atoms with Gasteiger partial charge in [0.25, 0.3) is 0 Å². The lowest BCUT2D eigenvalue weighted by atomic mass is 10.2. The molecule has 1 aliphatic heterocycles. The van der Waals surface area contributed by atoms with Gasteiger partial charge in [0.15, 0.2) is 0 Å². The molecule has 1 aromatic heterocycles. The van der Waals surface area contributed by atoms with Gasteiger partial charge in [-0.25, -0.2) is 9.97 Å². The van der Waals surface area contributed by atoms with E-state index in [4.69, 9.17) is 16.6 Å². The van der Waals surface area contributed by atoms with Crippen LogP contribution < -0.4 is 0 Å². The topological polar surface area (TPSA) is 32.3 Å². The zero-order chi connectivity index (χ0) is 14.0. The van der Waals surface area contributed by atoms with E-state index >= 15 is 0 Å². The number of hydrogen-bond acceptors (Lipinski definition) is 4. The maximum Gasteiger partial charge on any atom is 0.148 e. The molecule has 2 rings (SSSR count). The van der Waals surface area contributed by atoms with Crippen LogP contribution in [-0.4, -0.2) is 53.5 Å². The van der Waals surface area contributed by atoms with E-state index in [0.29, 0.717) is 5.15 Å². The summed E-state index contributed by atoms with van der Waals surface area (Å²) in [5, 5.41) is 0.516. The molecular weight excluding hydrogens is 328 g/mol. The van der Waals surface area contributed by atoms with E-state index in [1.165, 1.54) is 6.42 Å². The molecule has 0 saturated carbocycles. The molecule has 0 bridgehead atoms. The summed E-state index contributed by atoms with van der Waals surface area (Å²) in [6.07, 6.45) is 2.02. The third-order valence-corrected chi connectivity index (χ3v) is 4.93. The van der Waals surface area contributed by atoms with Crippen LogP contribution in [0.1, 0.15) is 30.9 Å². The average molecular weight is 348 g/mol. The van der Waals surface area contributed by atoms with Gasteiger partial charge < -0.3 is 4.90 Å². The lowest BCUT2D eigenvalue weighted by Gasteiger charge is -2.26. The lowest BCUT2D eigenvalue weighted by molar-refractivity contribution is 0.219. The van der Waals surface area contributed by atoms with Crippen molar-refractivity contribution in [1.82, 2.24) is 19.8 Å². The number of hydrogen-bond donors (Lipinski definition) is 0. The van der Waals surface area contributed by atoms with Crippen LogP contribution in [0.2, 0.25) is 5.15 Å². The summed E-state index contributed by atoms with van der Waals surface area (Å²) < 4.78 is 0.824. The maximum atomic E-state index is 6.21. The fourth-order valence-corrected chi connectivity index (χ4v) is 3.07. The van der Waals surface area contributed by atoms with Crippen molar-refractivity contribution in [2.45, 2.75) is 25.8 Å². The average Bonchev–Trinajstić information content (AvgIpc) is 2.54. The van der Waals surface area contributed by atoms with Crippen molar-refractivity contribution in [1.29, 1.82) is 0 Å². The Hall–Kier alpha value is -0.230. The van der Waals surface area contributed by atoms with E-state index in [1.807, 2.05) is 0 Å². The second-order valence-electron chi connectivity index (χ2n) is 5.10. The molecule has 0 radical (unpaired) electrons. The predicted molar refractivity (Wildman–Crippen MR) is 81.6 cm³/mol. The highest BCUT2D eigenvalue weighted by molar-refractivity contribution is 9.10. The number of halogens is 2. The standard InChI is InChI=1S/C13H20BrClN4/c1-4-9-11(14)12(15)17-13(16-9)10-8-18(2)6-5-7-19(10)3/h10H,4-8H2,1-3H3. The molecule has 0 N–H and O–H groups in total. The summed E-state index contributed by atoms with van der Waals surface area (Å²) >= 11 is 9.67. The summed E-state index contributed by atoms with van der Waals surface area (Å²) in [6, 6.07) is 0.211. The van der Waals surface area contributed by atoms with Crippen LogP contribution in [-0.2, 0) is 6.42 Å². The van der Waals surface area contributed by atoms with E-state index in [0.717, 1.165) is 42.0 Å². The minimum Gasteiger partial charge on any atom is -0.304 e. The maximum absolute atomic E-state index is 6.21. The molecular formula is C13H20BrClN4. The number of aryl methyl sites for hydroxylation is 1. The number of nitrogens with zero attached hydrogens (tertiary/aromatic N) is 4. The van der Waals surface area contributed by atoms with E-state index in [1.54, 1.807) is 0 Å². The van der Waals surface area contributed by atoms with E-state index in [9.17, 15) is 0 Å². The molecule has 1 aliphatic rings. The van der Waals surface area contributed by atoms with Crippen molar-refractivity contribution < 1.29 is 0 Å². The lowest BCUT2D eigenvalue weighted by Crippen LogP contribution is -2.32. The van der Waals surface area contributed by atoms with Gasteiger partial charge in [-0.15, -0.1) is 0 Å². The molecule has 0 aromatic carbocycles. The van der Waals surface area contributed by atoms with Crippen molar-refractivity contribution >= 4 is 27.5 Å². The molecule has 0 amide bonds. The molecule has 1 saturated heterocycles. The highest BCUT2D eigenvalue weighted by atomic mass is 79.9.